The van der Waals surface area contributed by atoms with Gasteiger partial charge in [-0.25, -0.2) is 0 Å². The Morgan fingerprint density at radius 1 is 1.27 bits per heavy atom. The number of hydrogen-bond acceptors (Lipinski definition) is 3. The standard InChI is InChI=1S/C11H11NO3/c1-12-6-5-7-8(11(12)14)3-4-9(13)10(7)15-2/h3-6,13H,1-2H3. The van der Waals surface area contributed by atoms with E-state index in [4.69, 9.17) is 4.74 Å². The fraction of sp³-hybridized carbons (Fsp3) is 0.182. The molecule has 0 amide bonds. The minimum absolute atomic E-state index is 0.0400. The van der Waals surface area contributed by atoms with E-state index in [2.05, 4.69) is 0 Å². The van der Waals surface area contributed by atoms with Gasteiger partial charge in [0.15, 0.2) is 11.5 Å². The molecule has 2 rings (SSSR count). The monoisotopic (exact) mass is 205 g/mol. The number of phenols is 1. The molecule has 4 nitrogen and oxygen atoms in total. The van der Waals surface area contributed by atoms with Gasteiger partial charge in [-0.1, -0.05) is 0 Å². The van der Waals surface area contributed by atoms with Crippen molar-refractivity contribution in [2.45, 2.75) is 0 Å². The second-order valence-electron chi connectivity index (χ2n) is 3.31. The van der Waals surface area contributed by atoms with Crippen LogP contribution >= 0.6 is 0 Å². The van der Waals surface area contributed by atoms with Gasteiger partial charge in [0.2, 0.25) is 0 Å². The van der Waals surface area contributed by atoms with Gasteiger partial charge in [-0.2, -0.15) is 0 Å². The second kappa shape index (κ2) is 3.31. The largest absolute Gasteiger partial charge is 0.504 e. The summed E-state index contributed by atoms with van der Waals surface area (Å²) in [5, 5.41) is 10.7. The molecule has 0 radical (unpaired) electrons. The molecule has 0 fully saturated rings. The summed E-state index contributed by atoms with van der Waals surface area (Å²) in [5.41, 5.74) is -0.106. The van der Waals surface area contributed by atoms with E-state index in [1.807, 2.05) is 0 Å². The molecule has 78 valence electrons. The summed E-state index contributed by atoms with van der Waals surface area (Å²) in [6.07, 6.45) is 1.65. The number of rotatable bonds is 1. The molecule has 2 aromatic rings. The quantitative estimate of drug-likeness (QED) is 0.762. The molecule has 0 saturated heterocycles. The Hall–Kier alpha value is -1.97. The lowest BCUT2D eigenvalue weighted by atomic mass is 10.1. The van der Waals surface area contributed by atoms with Gasteiger partial charge in [0.25, 0.3) is 5.56 Å². The molecular formula is C11H11NO3. The summed E-state index contributed by atoms with van der Waals surface area (Å²) in [5.74, 6) is 0.378. The third-order valence-corrected chi connectivity index (χ3v) is 2.39. The van der Waals surface area contributed by atoms with Gasteiger partial charge in [-0.15, -0.1) is 0 Å². The molecule has 0 saturated carbocycles. The molecule has 0 atom stereocenters. The van der Waals surface area contributed by atoms with E-state index in [1.165, 1.54) is 17.7 Å². The second-order valence-corrected chi connectivity index (χ2v) is 3.31. The van der Waals surface area contributed by atoms with Crippen molar-refractivity contribution in [3.05, 3.63) is 34.7 Å². The molecule has 0 aliphatic heterocycles. The van der Waals surface area contributed by atoms with Crippen LogP contribution in [0.25, 0.3) is 10.8 Å². The summed E-state index contributed by atoms with van der Waals surface area (Å²) in [4.78, 5) is 11.7. The Bertz CT molecular complexity index is 572. The normalized spacial score (nSPS) is 10.5. The molecule has 15 heavy (non-hydrogen) atoms. The molecule has 1 aromatic carbocycles. The fourth-order valence-electron chi connectivity index (χ4n) is 1.60. The van der Waals surface area contributed by atoms with Crippen LogP contribution < -0.4 is 10.3 Å². The van der Waals surface area contributed by atoms with Gasteiger partial charge in [-0.3, -0.25) is 4.79 Å². The smallest absolute Gasteiger partial charge is 0.258 e. The summed E-state index contributed by atoms with van der Waals surface area (Å²) in [6, 6.07) is 4.80. The van der Waals surface area contributed by atoms with Crippen LogP contribution in [0.4, 0.5) is 0 Å². The highest BCUT2D eigenvalue weighted by atomic mass is 16.5. The predicted octanol–water partition coefficient (Wildman–Crippen LogP) is 1.25. The maximum absolute atomic E-state index is 11.7. The third-order valence-electron chi connectivity index (χ3n) is 2.39. The number of aromatic nitrogens is 1. The minimum Gasteiger partial charge on any atom is -0.504 e. The first-order valence-electron chi connectivity index (χ1n) is 4.50. The maximum atomic E-state index is 11.7. The number of ether oxygens (including phenoxy) is 1. The summed E-state index contributed by atoms with van der Waals surface area (Å²) in [7, 11) is 3.15. The van der Waals surface area contributed by atoms with Crippen LogP contribution in [0.1, 0.15) is 0 Å². The van der Waals surface area contributed by atoms with Crippen LogP contribution in [-0.2, 0) is 7.05 Å². The lowest BCUT2D eigenvalue weighted by Crippen LogP contribution is -2.15. The van der Waals surface area contributed by atoms with E-state index in [1.54, 1.807) is 25.4 Å². The van der Waals surface area contributed by atoms with Gasteiger partial charge < -0.3 is 14.4 Å². The Morgan fingerprint density at radius 3 is 2.67 bits per heavy atom. The minimum atomic E-state index is -0.106. The number of hydrogen-bond donors (Lipinski definition) is 1. The zero-order valence-electron chi connectivity index (χ0n) is 8.52. The van der Waals surface area contributed by atoms with Gasteiger partial charge in [-0.05, 0) is 18.2 Å². The van der Waals surface area contributed by atoms with Crippen molar-refractivity contribution >= 4 is 10.8 Å². The molecule has 0 unspecified atom stereocenters. The highest BCUT2D eigenvalue weighted by molar-refractivity contribution is 5.89. The third kappa shape index (κ3) is 1.34. The van der Waals surface area contributed by atoms with Gasteiger partial charge in [0.1, 0.15) is 0 Å². The topological polar surface area (TPSA) is 51.5 Å². The van der Waals surface area contributed by atoms with Crippen LogP contribution in [-0.4, -0.2) is 16.8 Å². The molecule has 0 bridgehead atoms. The van der Waals surface area contributed by atoms with Crippen molar-refractivity contribution in [3.63, 3.8) is 0 Å². The van der Waals surface area contributed by atoms with Crippen molar-refractivity contribution < 1.29 is 9.84 Å². The number of nitrogens with zero attached hydrogens (tertiary/aromatic N) is 1. The predicted molar refractivity (Wildman–Crippen MR) is 57.4 cm³/mol. The van der Waals surface area contributed by atoms with Crippen molar-refractivity contribution in [2.75, 3.05) is 7.11 Å². The van der Waals surface area contributed by atoms with Crippen molar-refractivity contribution in [2.24, 2.45) is 7.05 Å². The first kappa shape index (κ1) is 9.58. The number of methoxy groups -OCH3 is 1. The summed E-state index contributed by atoms with van der Waals surface area (Å²) >= 11 is 0. The Balaban J connectivity index is 2.96. The SMILES string of the molecule is COc1c(O)ccc2c(=O)n(C)ccc12. The number of fused-ring (bicyclic) bond motifs is 1. The number of aromatic hydroxyl groups is 1. The van der Waals surface area contributed by atoms with Gasteiger partial charge in [0.05, 0.1) is 12.5 Å². The zero-order chi connectivity index (χ0) is 11.0. The molecule has 1 aromatic heterocycles. The Morgan fingerprint density at radius 2 is 2.00 bits per heavy atom. The fourth-order valence-corrected chi connectivity index (χ4v) is 1.60. The van der Waals surface area contributed by atoms with E-state index in [-0.39, 0.29) is 11.3 Å². The first-order chi connectivity index (χ1) is 7.15. The molecule has 0 aliphatic carbocycles. The van der Waals surface area contributed by atoms with E-state index in [9.17, 15) is 9.90 Å². The molecule has 0 aliphatic rings. The summed E-state index contributed by atoms with van der Waals surface area (Å²) < 4.78 is 6.54. The first-order valence-corrected chi connectivity index (χ1v) is 4.50. The highest BCUT2D eigenvalue weighted by Crippen LogP contribution is 2.32. The molecule has 1 N–H and O–H groups in total. The Labute approximate surface area is 86.3 Å². The highest BCUT2D eigenvalue weighted by Gasteiger charge is 2.09. The van der Waals surface area contributed by atoms with Crippen molar-refractivity contribution in [1.82, 2.24) is 4.57 Å². The van der Waals surface area contributed by atoms with E-state index >= 15 is 0 Å². The average Bonchev–Trinajstić information content (AvgIpc) is 2.23. The van der Waals surface area contributed by atoms with Crippen molar-refractivity contribution in [3.8, 4) is 11.5 Å². The van der Waals surface area contributed by atoms with E-state index in [0.29, 0.717) is 16.5 Å². The average molecular weight is 205 g/mol. The van der Waals surface area contributed by atoms with Crippen LogP contribution in [0.3, 0.4) is 0 Å². The van der Waals surface area contributed by atoms with Crippen LogP contribution in [0.15, 0.2) is 29.2 Å². The Kier molecular flexibility index (Phi) is 2.11. The number of pyridine rings is 1. The van der Waals surface area contributed by atoms with Crippen molar-refractivity contribution in [1.29, 1.82) is 0 Å². The molecular weight excluding hydrogens is 194 g/mol. The summed E-state index contributed by atoms with van der Waals surface area (Å²) in [6.45, 7) is 0. The molecule has 4 heteroatoms. The lowest BCUT2D eigenvalue weighted by molar-refractivity contribution is 0.378. The zero-order valence-corrected chi connectivity index (χ0v) is 8.52. The lowest BCUT2D eigenvalue weighted by Gasteiger charge is -2.07. The molecule has 0 spiro atoms. The number of benzene rings is 1. The van der Waals surface area contributed by atoms with E-state index < -0.39 is 0 Å². The van der Waals surface area contributed by atoms with E-state index in [0.717, 1.165) is 0 Å². The number of phenolic OH excluding ortho intramolecular Hbond substituents is 1. The molecule has 1 heterocycles. The number of aryl methyl sites for hydroxylation is 1. The van der Waals surface area contributed by atoms with Gasteiger partial charge in [0, 0.05) is 18.6 Å². The maximum Gasteiger partial charge on any atom is 0.258 e. The van der Waals surface area contributed by atoms with Gasteiger partial charge >= 0.3 is 0 Å². The van der Waals surface area contributed by atoms with Crippen LogP contribution in [0.2, 0.25) is 0 Å². The van der Waals surface area contributed by atoms with Crippen LogP contribution in [0.5, 0.6) is 11.5 Å². The van der Waals surface area contributed by atoms with Crippen LogP contribution in [0, 0.1) is 0 Å².